The zero-order chi connectivity index (χ0) is 20.1. The number of aliphatic hydroxyl groups excluding tert-OH is 1. The van der Waals surface area contributed by atoms with Crippen LogP contribution in [0.4, 0.5) is 4.39 Å². The summed E-state index contributed by atoms with van der Waals surface area (Å²) in [6.07, 6.45) is 6.20. The van der Waals surface area contributed by atoms with Gasteiger partial charge in [0.1, 0.15) is 5.82 Å². The van der Waals surface area contributed by atoms with Gasteiger partial charge < -0.3 is 5.11 Å². The SMILES string of the molecule is OCC[C@@H]1CN(Cc2cccn2-c2ncccn2)CCN1Cc1ccc(F)cc1. The largest absolute Gasteiger partial charge is 0.396 e. The molecule has 1 aromatic carbocycles. The molecule has 0 spiro atoms. The van der Waals surface area contributed by atoms with E-state index < -0.39 is 0 Å². The fraction of sp³-hybridized carbons (Fsp3) is 0.364. The summed E-state index contributed by atoms with van der Waals surface area (Å²) in [5, 5.41) is 9.56. The molecule has 4 rings (SSSR count). The maximum Gasteiger partial charge on any atom is 0.233 e. The van der Waals surface area contributed by atoms with E-state index in [9.17, 15) is 9.50 Å². The van der Waals surface area contributed by atoms with Crippen LogP contribution in [0, 0.1) is 5.82 Å². The predicted molar refractivity (Wildman–Crippen MR) is 109 cm³/mol. The summed E-state index contributed by atoms with van der Waals surface area (Å²) in [4.78, 5) is 13.5. The number of aliphatic hydroxyl groups is 1. The Balaban J connectivity index is 1.42. The molecule has 1 saturated heterocycles. The van der Waals surface area contributed by atoms with Crippen LogP contribution in [0.25, 0.3) is 5.95 Å². The highest BCUT2D eigenvalue weighted by atomic mass is 19.1. The zero-order valence-electron chi connectivity index (χ0n) is 16.4. The van der Waals surface area contributed by atoms with Crippen LogP contribution >= 0.6 is 0 Å². The third-order valence-electron chi connectivity index (χ3n) is 5.44. The number of piperazine rings is 1. The Morgan fingerprint density at radius 1 is 1.00 bits per heavy atom. The topological polar surface area (TPSA) is 57.4 Å². The van der Waals surface area contributed by atoms with Gasteiger partial charge in [0.2, 0.25) is 5.95 Å². The second-order valence-electron chi connectivity index (χ2n) is 7.42. The summed E-state index contributed by atoms with van der Waals surface area (Å²) >= 11 is 0. The van der Waals surface area contributed by atoms with Gasteiger partial charge in [-0.25, -0.2) is 14.4 Å². The van der Waals surface area contributed by atoms with Crippen molar-refractivity contribution in [1.82, 2.24) is 24.3 Å². The molecule has 1 aliphatic rings. The van der Waals surface area contributed by atoms with E-state index in [-0.39, 0.29) is 18.5 Å². The number of halogens is 1. The number of hydrogen-bond acceptors (Lipinski definition) is 5. The minimum atomic E-state index is -0.212. The maximum atomic E-state index is 13.2. The van der Waals surface area contributed by atoms with E-state index in [1.54, 1.807) is 12.4 Å². The van der Waals surface area contributed by atoms with E-state index in [0.717, 1.165) is 50.4 Å². The van der Waals surface area contributed by atoms with E-state index >= 15 is 0 Å². The number of rotatable bonds is 7. The lowest BCUT2D eigenvalue weighted by Crippen LogP contribution is -2.52. The normalized spacial score (nSPS) is 18.2. The van der Waals surface area contributed by atoms with E-state index in [1.165, 1.54) is 12.1 Å². The molecule has 1 atom stereocenters. The average molecular weight is 395 g/mol. The van der Waals surface area contributed by atoms with Crippen molar-refractivity contribution < 1.29 is 9.50 Å². The zero-order valence-corrected chi connectivity index (χ0v) is 16.4. The van der Waals surface area contributed by atoms with Crippen LogP contribution in [0.1, 0.15) is 17.7 Å². The average Bonchev–Trinajstić information content (AvgIpc) is 3.20. The van der Waals surface area contributed by atoms with Gasteiger partial charge in [0, 0.05) is 69.7 Å². The third kappa shape index (κ3) is 4.87. The van der Waals surface area contributed by atoms with Gasteiger partial charge in [0.15, 0.2) is 0 Å². The summed E-state index contributed by atoms with van der Waals surface area (Å²) in [7, 11) is 0. The second-order valence-corrected chi connectivity index (χ2v) is 7.42. The van der Waals surface area contributed by atoms with Crippen LogP contribution in [0.2, 0.25) is 0 Å². The molecule has 7 heteroatoms. The monoisotopic (exact) mass is 395 g/mol. The molecule has 3 heterocycles. The van der Waals surface area contributed by atoms with Crippen LogP contribution < -0.4 is 0 Å². The molecular formula is C22H26FN5O. The number of benzene rings is 1. The molecule has 3 aromatic rings. The molecule has 2 aromatic heterocycles. The van der Waals surface area contributed by atoms with Crippen molar-refractivity contribution in [3.63, 3.8) is 0 Å². The minimum Gasteiger partial charge on any atom is -0.396 e. The Morgan fingerprint density at radius 2 is 1.79 bits per heavy atom. The van der Waals surface area contributed by atoms with Gasteiger partial charge >= 0.3 is 0 Å². The first-order valence-electron chi connectivity index (χ1n) is 9.98. The first-order chi connectivity index (χ1) is 14.2. The molecular weight excluding hydrogens is 369 g/mol. The van der Waals surface area contributed by atoms with Gasteiger partial charge in [-0.3, -0.25) is 14.4 Å². The van der Waals surface area contributed by atoms with Crippen LogP contribution in [-0.4, -0.2) is 61.7 Å². The van der Waals surface area contributed by atoms with Gasteiger partial charge in [-0.05, 0) is 42.3 Å². The lowest BCUT2D eigenvalue weighted by atomic mass is 10.1. The van der Waals surface area contributed by atoms with Crippen molar-refractivity contribution in [2.45, 2.75) is 25.6 Å². The molecule has 152 valence electrons. The van der Waals surface area contributed by atoms with Crippen molar-refractivity contribution in [3.8, 4) is 5.95 Å². The van der Waals surface area contributed by atoms with Gasteiger partial charge in [0.05, 0.1) is 0 Å². The Bertz CT molecular complexity index is 899. The molecule has 0 unspecified atom stereocenters. The van der Waals surface area contributed by atoms with Crippen molar-refractivity contribution in [2.75, 3.05) is 26.2 Å². The molecule has 0 saturated carbocycles. The summed E-state index contributed by atoms with van der Waals surface area (Å²) in [6, 6.07) is 12.9. The summed E-state index contributed by atoms with van der Waals surface area (Å²) in [6.45, 7) is 4.45. The standard InChI is InChI=1S/C22H26FN5O/c23-19-6-4-18(5-7-19)15-27-13-12-26(16-20(27)8-14-29)17-21-3-1-11-28(21)22-24-9-2-10-25-22/h1-7,9-11,20,29H,8,12-17H2/t20-/m1/s1. The second kappa shape index (κ2) is 9.26. The number of aromatic nitrogens is 3. The fourth-order valence-corrected chi connectivity index (χ4v) is 3.94. The smallest absolute Gasteiger partial charge is 0.233 e. The first-order valence-corrected chi connectivity index (χ1v) is 9.98. The van der Waals surface area contributed by atoms with Gasteiger partial charge in [-0.2, -0.15) is 0 Å². The van der Waals surface area contributed by atoms with Crippen molar-refractivity contribution >= 4 is 0 Å². The highest BCUT2D eigenvalue weighted by Crippen LogP contribution is 2.19. The molecule has 29 heavy (non-hydrogen) atoms. The molecule has 1 fully saturated rings. The third-order valence-corrected chi connectivity index (χ3v) is 5.44. The van der Waals surface area contributed by atoms with Crippen molar-refractivity contribution in [2.24, 2.45) is 0 Å². The number of hydrogen-bond donors (Lipinski definition) is 1. The van der Waals surface area contributed by atoms with Crippen LogP contribution in [-0.2, 0) is 13.1 Å². The molecule has 1 N–H and O–H groups in total. The lowest BCUT2D eigenvalue weighted by Gasteiger charge is -2.41. The van der Waals surface area contributed by atoms with Crippen LogP contribution in [0.3, 0.4) is 0 Å². The molecule has 0 bridgehead atoms. The highest BCUT2D eigenvalue weighted by molar-refractivity contribution is 5.21. The van der Waals surface area contributed by atoms with Gasteiger partial charge in [-0.15, -0.1) is 0 Å². The Morgan fingerprint density at radius 3 is 2.55 bits per heavy atom. The summed E-state index contributed by atoms with van der Waals surface area (Å²) in [5.41, 5.74) is 2.24. The summed E-state index contributed by atoms with van der Waals surface area (Å²) < 4.78 is 15.2. The van der Waals surface area contributed by atoms with Crippen molar-refractivity contribution in [3.05, 3.63) is 78.1 Å². The summed E-state index contributed by atoms with van der Waals surface area (Å²) in [5.74, 6) is 0.463. The van der Waals surface area contributed by atoms with E-state index in [0.29, 0.717) is 5.95 Å². The molecule has 1 aliphatic heterocycles. The highest BCUT2D eigenvalue weighted by Gasteiger charge is 2.27. The lowest BCUT2D eigenvalue weighted by molar-refractivity contribution is 0.0491. The first kappa shape index (κ1) is 19.7. The quantitative estimate of drug-likeness (QED) is 0.666. The Hall–Kier alpha value is -2.61. The Labute approximate surface area is 170 Å². The van der Waals surface area contributed by atoms with Crippen LogP contribution in [0.15, 0.2) is 61.1 Å². The van der Waals surface area contributed by atoms with Gasteiger partial charge in [-0.1, -0.05) is 12.1 Å². The van der Waals surface area contributed by atoms with Crippen molar-refractivity contribution in [1.29, 1.82) is 0 Å². The van der Waals surface area contributed by atoms with Crippen LogP contribution in [0.5, 0.6) is 0 Å². The maximum absolute atomic E-state index is 13.2. The van der Waals surface area contributed by atoms with E-state index in [1.807, 2.05) is 35.0 Å². The molecule has 6 nitrogen and oxygen atoms in total. The van der Waals surface area contributed by atoms with E-state index in [4.69, 9.17) is 0 Å². The van der Waals surface area contributed by atoms with Gasteiger partial charge in [0.25, 0.3) is 0 Å². The molecule has 0 amide bonds. The predicted octanol–water partition coefficient (Wildman–Crippen LogP) is 2.48. The molecule has 0 aliphatic carbocycles. The minimum absolute atomic E-state index is 0.159. The molecule has 0 radical (unpaired) electrons. The van der Waals surface area contributed by atoms with E-state index in [2.05, 4.69) is 25.8 Å². The fourth-order valence-electron chi connectivity index (χ4n) is 3.94. The number of nitrogens with zero attached hydrogens (tertiary/aromatic N) is 5. The Kier molecular flexibility index (Phi) is 6.29.